The molecule has 0 spiro atoms. The maximum atomic E-state index is 11.5. The maximum absolute atomic E-state index is 11.5. The molecule has 0 saturated heterocycles. The smallest absolute Gasteiger partial charge is 0.212 e. The lowest BCUT2D eigenvalue weighted by Crippen LogP contribution is -2.38. The van der Waals surface area contributed by atoms with Crippen LogP contribution in [0.5, 0.6) is 0 Å². The Bertz CT molecular complexity index is 254. The van der Waals surface area contributed by atoms with Crippen LogP contribution in [0.2, 0.25) is 0 Å². The molecule has 0 aliphatic rings. The molecule has 1 unspecified atom stereocenters. The molecule has 2 N–H and O–H groups in total. The Kier molecular flexibility index (Phi) is 5.05. The van der Waals surface area contributed by atoms with Crippen molar-refractivity contribution in [1.82, 2.24) is 4.72 Å². The molecule has 0 aliphatic heterocycles. The molecule has 0 amide bonds. The molecule has 0 radical (unpaired) electrons. The van der Waals surface area contributed by atoms with Gasteiger partial charge in [0.25, 0.3) is 0 Å². The highest BCUT2D eigenvalue weighted by atomic mass is 32.2. The molecule has 5 heteroatoms. The molecule has 14 heavy (non-hydrogen) atoms. The van der Waals surface area contributed by atoms with Crippen LogP contribution in [-0.2, 0) is 10.0 Å². The van der Waals surface area contributed by atoms with E-state index in [1.165, 1.54) is 0 Å². The van der Waals surface area contributed by atoms with Crippen LogP contribution in [-0.4, -0.2) is 31.9 Å². The molecule has 0 aromatic carbocycles. The maximum Gasteiger partial charge on any atom is 0.212 e. The molecule has 1 atom stereocenters. The zero-order valence-electron chi connectivity index (χ0n) is 9.37. The third kappa shape index (κ3) is 7.29. The first-order valence-electron chi connectivity index (χ1n) is 4.77. The summed E-state index contributed by atoms with van der Waals surface area (Å²) in [5.41, 5.74) is -0.245. The van der Waals surface area contributed by atoms with Crippen LogP contribution >= 0.6 is 0 Å². The van der Waals surface area contributed by atoms with Crippen LogP contribution in [0.1, 0.15) is 34.1 Å². The molecular formula is C9H21NO3S. The Morgan fingerprint density at radius 2 is 1.86 bits per heavy atom. The van der Waals surface area contributed by atoms with Crippen molar-refractivity contribution in [3.05, 3.63) is 0 Å². The fraction of sp³-hybridized carbons (Fsp3) is 1.00. The predicted octanol–water partition coefficient (Wildman–Crippen LogP) is 0.723. The summed E-state index contributed by atoms with van der Waals surface area (Å²) in [6.07, 6.45) is 0.448. The Labute approximate surface area is 86.8 Å². The standard InChI is InChI=1S/C9H21NO3S/c1-8(5-6-11)10-14(12,13)7-9(2,3)4/h8,10-11H,5-7H2,1-4H3. The van der Waals surface area contributed by atoms with Crippen molar-refractivity contribution in [3.8, 4) is 0 Å². The van der Waals surface area contributed by atoms with Crippen LogP contribution in [0.25, 0.3) is 0 Å². The zero-order chi connectivity index (χ0) is 11.4. The van der Waals surface area contributed by atoms with Gasteiger partial charge < -0.3 is 5.11 Å². The van der Waals surface area contributed by atoms with E-state index in [1.54, 1.807) is 6.92 Å². The van der Waals surface area contributed by atoms with Gasteiger partial charge in [-0.2, -0.15) is 0 Å². The number of aliphatic hydroxyl groups excluding tert-OH is 1. The van der Waals surface area contributed by atoms with Crippen LogP contribution < -0.4 is 4.72 Å². The Hall–Kier alpha value is -0.130. The van der Waals surface area contributed by atoms with Crippen LogP contribution in [0, 0.1) is 5.41 Å². The Morgan fingerprint density at radius 1 is 1.36 bits per heavy atom. The van der Waals surface area contributed by atoms with Gasteiger partial charge in [0.15, 0.2) is 0 Å². The third-order valence-electron chi connectivity index (χ3n) is 1.57. The molecule has 0 fully saturated rings. The molecule has 86 valence electrons. The molecule has 0 rings (SSSR count). The highest BCUT2D eigenvalue weighted by Crippen LogP contribution is 2.15. The zero-order valence-corrected chi connectivity index (χ0v) is 10.2. The Balaban J connectivity index is 4.22. The van der Waals surface area contributed by atoms with Crippen molar-refractivity contribution in [3.63, 3.8) is 0 Å². The SMILES string of the molecule is CC(CCO)NS(=O)(=O)CC(C)(C)C. The van der Waals surface area contributed by atoms with E-state index in [0.717, 1.165) is 0 Å². The van der Waals surface area contributed by atoms with Crippen LogP contribution in [0.4, 0.5) is 0 Å². The number of rotatable bonds is 5. The topological polar surface area (TPSA) is 66.4 Å². The molecule has 0 aliphatic carbocycles. The lowest BCUT2D eigenvalue weighted by molar-refractivity contribution is 0.275. The number of nitrogens with one attached hydrogen (secondary N) is 1. The van der Waals surface area contributed by atoms with Gasteiger partial charge in [0.1, 0.15) is 0 Å². The average Bonchev–Trinajstić information content (AvgIpc) is 1.78. The van der Waals surface area contributed by atoms with E-state index in [2.05, 4.69) is 4.72 Å². The lowest BCUT2D eigenvalue weighted by atomic mass is 10.0. The quantitative estimate of drug-likeness (QED) is 0.722. The van der Waals surface area contributed by atoms with Crippen LogP contribution in [0.3, 0.4) is 0 Å². The molecule has 0 aromatic heterocycles. The van der Waals surface area contributed by atoms with E-state index in [9.17, 15) is 8.42 Å². The number of sulfonamides is 1. The van der Waals surface area contributed by atoms with Gasteiger partial charge in [0, 0.05) is 12.6 Å². The highest BCUT2D eigenvalue weighted by molar-refractivity contribution is 7.89. The summed E-state index contributed by atoms with van der Waals surface area (Å²) >= 11 is 0. The number of hydrogen-bond acceptors (Lipinski definition) is 3. The monoisotopic (exact) mass is 223 g/mol. The van der Waals surface area contributed by atoms with Crippen molar-refractivity contribution in [2.24, 2.45) is 5.41 Å². The molecule has 0 aromatic rings. The molecule has 0 saturated carbocycles. The number of hydrogen-bond donors (Lipinski definition) is 2. The van der Waals surface area contributed by atoms with Gasteiger partial charge in [-0.1, -0.05) is 20.8 Å². The Morgan fingerprint density at radius 3 is 2.21 bits per heavy atom. The van der Waals surface area contributed by atoms with E-state index in [4.69, 9.17) is 5.11 Å². The fourth-order valence-electron chi connectivity index (χ4n) is 1.17. The summed E-state index contributed by atoms with van der Waals surface area (Å²) in [6.45, 7) is 7.38. The fourth-order valence-corrected chi connectivity index (χ4v) is 3.13. The molecule has 4 nitrogen and oxygen atoms in total. The lowest BCUT2D eigenvalue weighted by Gasteiger charge is -2.20. The second-order valence-electron chi connectivity index (χ2n) is 4.85. The minimum Gasteiger partial charge on any atom is -0.396 e. The van der Waals surface area contributed by atoms with Crippen LogP contribution in [0.15, 0.2) is 0 Å². The first kappa shape index (κ1) is 13.9. The summed E-state index contributed by atoms with van der Waals surface area (Å²) in [5.74, 6) is 0.107. The first-order chi connectivity index (χ1) is 6.16. The van der Waals surface area contributed by atoms with Crippen molar-refractivity contribution >= 4 is 10.0 Å². The minimum absolute atomic E-state index is 0.000789. The van der Waals surface area contributed by atoms with E-state index < -0.39 is 10.0 Å². The van der Waals surface area contributed by atoms with Gasteiger partial charge in [-0.05, 0) is 18.8 Å². The van der Waals surface area contributed by atoms with Gasteiger partial charge in [-0.25, -0.2) is 13.1 Å². The van der Waals surface area contributed by atoms with E-state index in [1.807, 2.05) is 20.8 Å². The van der Waals surface area contributed by atoms with Gasteiger partial charge in [-0.15, -0.1) is 0 Å². The van der Waals surface area contributed by atoms with Gasteiger partial charge >= 0.3 is 0 Å². The third-order valence-corrected chi connectivity index (χ3v) is 3.57. The second-order valence-corrected chi connectivity index (χ2v) is 6.60. The first-order valence-corrected chi connectivity index (χ1v) is 6.42. The average molecular weight is 223 g/mol. The second kappa shape index (κ2) is 5.09. The molecule has 0 bridgehead atoms. The minimum atomic E-state index is -3.22. The summed E-state index contributed by atoms with van der Waals surface area (Å²) in [7, 11) is -3.22. The van der Waals surface area contributed by atoms with Crippen molar-refractivity contribution in [2.75, 3.05) is 12.4 Å². The van der Waals surface area contributed by atoms with E-state index >= 15 is 0 Å². The largest absolute Gasteiger partial charge is 0.396 e. The summed E-state index contributed by atoms with van der Waals surface area (Å²) < 4.78 is 25.6. The normalized spacial score (nSPS) is 15.5. The van der Waals surface area contributed by atoms with Gasteiger partial charge in [0.05, 0.1) is 5.75 Å². The summed E-state index contributed by atoms with van der Waals surface area (Å²) in [4.78, 5) is 0. The molecule has 0 heterocycles. The van der Waals surface area contributed by atoms with Crippen molar-refractivity contribution in [1.29, 1.82) is 0 Å². The van der Waals surface area contributed by atoms with Gasteiger partial charge in [-0.3, -0.25) is 0 Å². The van der Waals surface area contributed by atoms with Gasteiger partial charge in [0.2, 0.25) is 10.0 Å². The highest BCUT2D eigenvalue weighted by Gasteiger charge is 2.22. The van der Waals surface area contributed by atoms with E-state index in [0.29, 0.717) is 6.42 Å². The summed E-state index contributed by atoms with van der Waals surface area (Å²) in [5, 5.41) is 8.63. The molecular weight excluding hydrogens is 202 g/mol. The summed E-state index contributed by atoms with van der Waals surface area (Å²) in [6, 6.07) is -0.202. The van der Waals surface area contributed by atoms with Crippen molar-refractivity contribution in [2.45, 2.75) is 40.2 Å². The number of aliphatic hydroxyl groups is 1. The predicted molar refractivity (Wildman–Crippen MR) is 57.5 cm³/mol. The van der Waals surface area contributed by atoms with Crippen molar-refractivity contribution < 1.29 is 13.5 Å². The van der Waals surface area contributed by atoms with E-state index in [-0.39, 0.29) is 23.8 Å².